The van der Waals surface area contributed by atoms with Crippen molar-refractivity contribution in [1.82, 2.24) is 0 Å². The van der Waals surface area contributed by atoms with Crippen LogP contribution in [0.15, 0.2) is 85.3 Å². The number of hydrogen-bond donors (Lipinski definition) is 0. The quantitative estimate of drug-likeness (QED) is 0.0316. The van der Waals surface area contributed by atoms with Crippen LogP contribution in [0.5, 0.6) is 0 Å². The summed E-state index contributed by atoms with van der Waals surface area (Å²) in [6.07, 6.45) is 57.6. The third-order valence-electron chi connectivity index (χ3n) is 7.49. The molecule has 0 bridgehead atoms. The molecule has 0 saturated carbocycles. The van der Waals surface area contributed by atoms with E-state index in [0.717, 1.165) is 44.9 Å². The second kappa shape index (κ2) is 39.5. The van der Waals surface area contributed by atoms with E-state index in [9.17, 15) is 4.79 Å². The Hall–Kier alpha value is -2.55. The van der Waals surface area contributed by atoms with Crippen molar-refractivity contribution in [1.29, 1.82) is 0 Å². The zero-order valence-corrected chi connectivity index (χ0v) is 29.5. The fourth-order valence-electron chi connectivity index (χ4n) is 4.78. The summed E-state index contributed by atoms with van der Waals surface area (Å²) >= 11 is 0. The second-order valence-electron chi connectivity index (χ2n) is 11.8. The molecule has 0 spiro atoms. The van der Waals surface area contributed by atoms with Crippen molar-refractivity contribution in [2.24, 2.45) is 0 Å². The van der Waals surface area contributed by atoms with Gasteiger partial charge in [0.05, 0.1) is 6.26 Å². The van der Waals surface area contributed by atoms with Crippen molar-refractivity contribution < 1.29 is 14.3 Å². The molecule has 0 saturated heterocycles. The summed E-state index contributed by atoms with van der Waals surface area (Å²) in [4.78, 5) is 11.9. The zero-order chi connectivity index (χ0) is 32.6. The Morgan fingerprint density at radius 1 is 0.444 bits per heavy atom. The molecule has 0 atom stereocenters. The van der Waals surface area contributed by atoms with Crippen molar-refractivity contribution in [2.45, 2.75) is 162 Å². The molecule has 256 valence electrons. The van der Waals surface area contributed by atoms with Crippen LogP contribution in [-0.2, 0) is 14.3 Å². The molecule has 0 aliphatic heterocycles. The Morgan fingerprint density at radius 3 is 1.33 bits per heavy atom. The van der Waals surface area contributed by atoms with Crippen LogP contribution in [0.3, 0.4) is 0 Å². The molecule has 0 rings (SSSR count). The number of hydrogen-bond acceptors (Lipinski definition) is 3. The summed E-state index contributed by atoms with van der Waals surface area (Å²) in [6, 6.07) is 0. The Labute approximate surface area is 279 Å². The van der Waals surface area contributed by atoms with Crippen LogP contribution in [0, 0.1) is 0 Å². The minimum absolute atomic E-state index is 0.162. The number of ether oxygens (including phenoxy) is 2. The van der Waals surface area contributed by atoms with Crippen molar-refractivity contribution in [2.75, 3.05) is 13.2 Å². The topological polar surface area (TPSA) is 35.5 Å². The van der Waals surface area contributed by atoms with E-state index in [-0.39, 0.29) is 5.97 Å². The van der Waals surface area contributed by atoms with Gasteiger partial charge in [0.15, 0.2) is 0 Å². The molecule has 0 N–H and O–H groups in total. The van der Waals surface area contributed by atoms with Crippen LogP contribution in [-0.4, -0.2) is 19.2 Å². The summed E-state index contributed by atoms with van der Waals surface area (Å²) in [6.45, 7) is 5.17. The van der Waals surface area contributed by atoms with Gasteiger partial charge in [0, 0.05) is 6.42 Å². The maximum absolute atomic E-state index is 11.9. The fourth-order valence-corrected chi connectivity index (χ4v) is 4.78. The summed E-state index contributed by atoms with van der Waals surface area (Å²) in [5, 5.41) is 0. The molecule has 0 amide bonds. The van der Waals surface area contributed by atoms with Crippen molar-refractivity contribution in [3.05, 3.63) is 85.3 Å². The van der Waals surface area contributed by atoms with Gasteiger partial charge in [-0.25, -0.2) is 0 Å². The molecule has 0 aliphatic carbocycles. The summed E-state index contributed by atoms with van der Waals surface area (Å²) in [5.74, 6) is -0.162. The lowest BCUT2D eigenvalue weighted by molar-refractivity contribution is -0.144. The van der Waals surface area contributed by atoms with E-state index in [1.807, 2.05) is 0 Å². The van der Waals surface area contributed by atoms with E-state index in [0.29, 0.717) is 26.1 Å². The van der Waals surface area contributed by atoms with E-state index in [2.05, 4.69) is 92.8 Å². The molecule has 0 aliphatic rings. The highest BCUT2D eigenvalue weighted by atomic mass is 16.6. The first kappa shape index (κ1) is 42.5. The lowest BCUT2D eigenvalue weighted by Gasteiger charge is -2.04. The number of unbranched alkanes of at least 4 members (excludes halogenated alkanes) is 14. The molecule has 0 aromatic carbocycles. The highest BCUT2D eigenvalue weighted by molar-refractivity contribution is 5.69. The van der Waals surface area contributed by atoms with E-state index >= 15 is 0 Å². The Morgan fingerprint density at radius 2 is 0.867 bits per heavy atom. The van der Waals surface area contributed by atoms with Gasteiger partial charge in [0.1, 0.15) is 13.2 Å². The molecular formula is C42H70O3. The number of rotatable bonds is 33. The summed E-state index contributed by atoms with van der Waals surface area (Å²) < 4.78 is 10.7. The number of allylic oxidation sites excluding steroid dienone is 13. The molecule has 0 fully saturated rings. The van der Waals surface area contributed by atoms with Crippen molar-refractivity contribution >= 4 is 5.97 Å². The standard InChI is InChI=1S/C42H70O3/c1-3-5-7-9-11-13-15-17-19-21-22-23-24-26-28-30-32-34-36-38-42(43)45-41-40-44-39-37-35-33-31-29-27-25-20-18-16-14-12-10-8-6-4-2/h5,7,11,13,17,19,22-23,26,28,32,34,37,39H,3-4,6,8-10,12,14-16,18,20-21,24-25,27,29-31,33,35-36,38,40-41H2,1-2H3/b7-5-,13-11-,19-17-,23-22-,28-26-,34-32-,39-37-. The summed E-state index contributed by atoms with van der Waals surface area (Å²) in [5.41, 5.74) is 0. The average molecular weight is 623 g/mol. The predicted octanol–water partition coefficient (Wildman–Crippen LogP) is 13.4. The lowest BCUT2D eigenvalue weighted by Crippen LogP contribution is -2.08. The minimum atomic E-state index is -0.162. The average Bonchev–Trinajstić information content (AvgIpc) is 3.05. The maximum Gasteiger partial charge on any atom is 0.306 e. The van der Waals surface area contributed by atoms with E-state index < -0.39 is 0 Å². The van der Waals surface area contributed by atoms with Crippen LogP contribution >= 0.6 is 0 Å². The van der Waals surface area contributed by atoms with Gasteiger partial charge in [-0.1, -0.05) is 170 Å². The first-order valence-electron chi connectivity index (χ1n) is 18.6. The number of esters is 1. The molecule has 3 heteroatoms. The van der Waals surface area contributed by atoms with Gasteiger partial charge in [-0.15, -0.1) is 0 Å². The highest BCUT2D eigenvalue weighted by Gasteiger charge is 2.00. The molecule has 0 unspecified atom stereocenters. The molecular weight excluding hydrogens is 552 g/mol. The van der Waals surface area contributed by atoms with E-state index in [1.165, 1.54) is 89.9 Å². The predicted molar refractivity (Wildman–Crippen MR) is 198 cm³/mol. The van der Waals surface area contributed by atoms with Gasteiger partial charge in [-0.05, 0) is 63.9 Å². The van der Waals surface area contributed by atoms with Gasteiger partial charge in [-0.3, -0.25) is 4.79 Å². The van der Waals surface area contributed by atoms with Crippen LogP contribution in [0.2, 0.25) is 0 Å². The smallest absolute Gasteiger partial charge is 0.306 e. The normalized spacial score (nSPS) is 12.6. The van der Waals surface area contributed by atoms with Crippen LogP contribution in [0.25, 0.3) is 0 Å². The minimum Gasteiger partial charge on any atom is -0.498 e. The molecule has 45 heavy (non-hydrogen) atoms. The lowest BCUT2D eigenvalue weighted by atomic mass is 10.0. The van der Waals surface area contributed by atoms with Gasteiger partial charge >= 0.3 is 5.97 Å². The third kappa shape index (κ3) is 39.4. The van der Waals surface area contributed by atoms with Crippen LogP contribution in [0.4, 0.5) is 0 Å². The second-order valence-corrected chi connectivity index (χ2v) is 11.8. The monoisotopic (exact) mass is 623 g/mol. The van der Waals surface area contributed by atoms with Gasteiger partial charge < -0.3 is 9.47 Å². The number of carbonyl (C=O) groups excluding carboxylic acids is 1. The molecule has 0 aromatic rings. The van der Waals surface area contributed by atoms with E-state index in [4.69, 9.17) is 9.47 Å². The summed E-state index contributed by atoms with van der Waals surface area (Å²) in [7, 11) is 0. The van der Waals surface area contributed by atoms with Gasteiger partial charge in [-0.2, -0.15) is 0 Å². The molecule has 3 nitrogen and oxygen atoms in total. The van der Waals surface area contributed by atoms with Crippen LogP contribution in [0.1, 0.15) is 162 Å². The van der Waals surface area contributed by atoms with Crippen LogP contribution < -0.4 is 0 Å². The largest absolute Gasteiger partial charge is 0.498 e. The Balaban J connectivity index is 3.43. The molecule has 0 radical (unpaired) electrons. The van der Waals surface area contributed by atoms with E-state index in [1.54, 1.807) is 6.26 Å². The molecule has 0 aromatic heterocycles. The number of carbonyl (C=O) groups is 1. The van der Waals surface area contributed by atoms with Gasteiger partial charge in [0.2, 0.25) is 0 Å². The molecule has 0 heterocycles. The fraction of sp³-hybridized carbons (Fsp3) is 0.643. The first-order valence-corrected chi connectivity index (χ1v) is 18.6. The Kier molecular flexibility index (Phi) is 37.2. The first-order chi connectivity index (χ1) is 22.3. The third-order valence-corrected chi connectivity index (χ3v) is 7.49. The maximum atomic E-state index is 11.9. The van der Waals surface area contributed by atoms with Crippen molar-refractivity contribution in [3.8, 4) is 0 Å². The SMILES string of the molecule is CC/C=C\C/C=C\C/C=C\C/C=C\C/C=C\C/C=C\CCC(=O)OCCO/C=C\CCCCCCCCCCCCCCCC. The van der Waals surface area contributed by atoms with Crippen molar-refractivity contribution in [3.63, 3.8) is 0 Å². The van der Waals surface area contributed by atoms with Gasteiger partial charge in [0.25, 0.3) is 0 Å². The zero-order valence-electron chi connectivity index (χ0n) is 29.5. The highest BCUT2D eigenvalue weighted by Crippen LogP contribution is 2.13. The Bertz CT molecular complexity index is 812.